The Morgan fingerprint density at radius 2 is 1.57 bits per heavy atom. The van der Waals surface area contributed by atoms with E-state index in [-0.39, 0.29) is 21.2 Å². The highest BCUT2D eigenvalue weighted by molar-refractivity contribution is 8.16. The van der Waals surface area contributed by atoms with Gasteiger partial charge in [0.2, 0.25) is 5.91 Å². The molecular formula is C16H14N2O3S2. The van der Waals surface area contributed by atoms with Crippen LogP contribution in [0.5, 0.6) is 0 Å². The third kappa shape index (κ3) is 3.16. The Bertz CT molecular complexity index is 849. The molecule has 1 heterocycles. The normalized spacial score (nSPS) is 20.2. The van der Waals surface area contributed by atoms with Crippen LogP contribution in [0.15, 0.2) is 70.0 Å². The van der Waals surface area contributed by atoms with E-state index in [1.165, 1.54) is 17.0 Å². The molecule has 1 saturated heterocycles. The van der Waals surface area contributed by atoms with Crippen molar-refractivity contribution in [2.24, 2.45) is 4.40 Å². The summed E-state index contributed by atoms with van der Waals surface area (Å²) in [5.41, 5.74) is 0.608. The smallest absolute Gasteiger partial charge is 0.273 e. The lowest BCUT2D eigenvalue weighted by Gasteiger charge is -2.15. The molecule has 0 spiro atoms. The van der Waals surface area contributed by atoms with Crippen molar-refractivity contribution in [2.75, 3.05) is 4.90 Å². The second-order valence-electron chi connectivity index (χ2n) is 4.93. The fraction of sp³-hybridized carbons (Fsp3) is 0.125. The predicted molar refractivity (Wildman–Crippen MR) is 92.0 cm³/mol. The first-order valence-corrected chi connectivity index (χ1v) is 9.27. The van der Waals surface area contributed by atoms with Crippen molar-refractivity contribution in [3.63, 3.8) is 0 Å². The molecule has 118 valence electrons. The molecule has 1 amide bonds. The maximum absolute atomic E-state index is 12.4. The molecule has 1 fully saturated rings. The lowest BCUT2D eigenvalue weighted by Crippen LogP contribution is -2.31. The summed E-state index contributed by atoms with van der Waals surface area (Å²) in [7, 11) is -3.86. The average molecular weight is 346 g/mol. The molecule has 1 aliphatic rings. The Morgan fingerprint density at radius 3 is 2.17 bits per heavy atom. The maximum Gasteiger partial charge on any atom is 0.284 e. The maximum atomic E-state index is 12.4. The van der Waals surface area contributed by atoms with Gasteiger partial charge >= 0.3 is 0 Å². The third-order valence-electron chi connectivity index (χ3n) is 3.30. The highest BCUT2D eigenvalue weighted by Gasteiger charge is 2.37. The first-order chi connectivity index (χ1) is 11.0. The topological polar surface area (TPSA) is 66.8 Å². The number of benzene rings is 2. The van der Waals surface area contributed by atoms with Gasteiger partial charge in [-0.2, -0.15) is 8.42 Å². The molecule has 3 rings (SSSR count). The van der Waals surface area contributed by atoms with Crippen molar-refractivity contribution >= 4 is 38.5 Å². The summed E-state index contributed by atoms with van der Waals surface area (Å²) in [4.78, 5) is 13.8. The summed E-state index contributed by atoms with van der Waals surface area (Å²) in [5.74, 6) is -0.178. The number of amidine groups is 1. The summed E-state index contributed by atoms with van der Waals surface area (Å²) in [6.07, 6.45) is 0. The first kappa shape index (κ1) is 15.8. The molecule has 23 heavy (non-hydrogen) atoms. The number of hydrogen-bond acceptors (Lipinski definition) is 4. The number of anilines is 1. The van der Waals surface area contributed by atoms with E-state index in [2.05, 4.69) is 4.40 Å². The molecular weight excluding hydrogens is 332 g/mol. The van der Waals surface area contributed by atoms with E-state index in [0.29, 0.717) is 5.69 Å². The van der Waals surface area contributed by atoms with Gasteiger partial charge in [-0.25, -0.2) is 0 Å². The van der Waals surface area contributed by atoms with E-state index < -0.39 is 10.0 Å². The molecule has 5 nitrogen and oxygen atoms in total. The molecule has 0 aliphatic carbocycles. The van der Waals surface area contributed by atoms with Crippen LogP contribution < -0.4 is 4.90 Å². The number of amides is 1. The standard InChI is InChI=1S/C16H14N2O3S2/c1-12-15(19)18(13-8-4-2-5-9-13)16(22-12)17-23(20,21)14-10-6-3-7-11-14/h2-12H,1H3/b17-16-. The van der Waals surface area contributed by atoms with Crippen molar-refractivity contribution in [3.8, 4) is 0 Å². The van der Waals surface area contributed by atoms with Crippen LogP contribution in [0.4, 0.5) is 5.69 Å². The fourth-order valence-corrected chi connectivity index (χ4v) is 4.35. The molecule has 0 N–H and O–H groups in total. The lowest BCUT2D eigenvalue weighted by molar-refractivity contribution is -0.116. The van der Waals surface area contributed by atoms with Crippen molar-refractivity contribution in [2.45, 2.75) is 17.1 Å². The highest BCUT2D eigenvalue weighted by Crippen LogP contribution is 2.32. The molecule has 0 saturated carbocycles. The minimum Gasteiger partial charge on any atom is -0.273 e. The quantitative estimate of drug-likeness (QED) is 0.857. The van der Waals surface area contributed by atoms with Crippen LogP contribution in [0.25, 0.3) is 0 Å². The Morgan fingerprint density at radius 1 is 1.00 bits per heavy atom. The van der Waals surface area contributed by atoms with E-state index in [1.54, 1.807) is 49.4 Å². The van der Waals surface area contributed by atoms with Gasteiger partial charge in [0.1, 0.15) is 0 Å². The predicted octanol–water partition coefficient (Wildman–Crippen LogP) is 2.90. The van der Waals surface area contributed by atoms with Gasteiger partial charge in [-0.15, -0.1) is 4.40 Å². The number of sulfonamides is 1. The molecule has 0 aromatic heterocycles. The first-order valence-electron chi connectivity index (χ1n) is 6.95. The van der Waals surface area contributed by atoms with Crippen molar-refractivity contribution in [1.82, 2.24) is 0 Å². The van der Waals surface area contributed by atoms with Crippen LogP contribution >= 0.6 is 11.8 Å². The van der Waals surface area contributed by atoms with Gasteiger partial charge in [0, 0.05) is 0 Å². The van der Waals surface area contributed by atoms with E-state index in [4.69, 9.17) is 0 Å². The summed E-state index contributed by atoms with van der Waals surface area (Å²) < 4.78 is 28.8. The summed E-state index contributed by atoms with van der Waals surface area (Å²) in [6.45, 7) is 1.74. The zero-order chi connectivity index (χ0) is 16.4. The minimum absolute atomic E-state index is 0.105. The number of thioether (sulfide) groups is 1. The zero-order valence-corrected chi connectivity index (χ0v) is 13.9. The Labute approximate surface area is 139 Å². The average Bonchev–Trinajstić information content (AvgIpc) is 2.82. The van der Waals surface area contributed by atoms with Gasteiger partial charge < -0.3 is 0 Å². The fourth-order valence-electron chi connectivity index (χ4n) is 2.16. The van der Waals surface area contributed by atoms with Crippen molar-refractivity contribution < 1.29 is 13.2 Å². The second-order valence-corrected chi connectivity index (χ2v) is 7.84. The Balaban J connectivity index is 2.05. The number of carbonyl (C=O) groups is 1. The van der Waals surface area contributed by atoms with E-state index >= 15 is 0 Å². The second kappa shape index (κ2) is 6.17. The SMILES string of the molecule is CC1S/C(=N\S(=O)(=O)c2ccccc2)N(c2ccccc2)C1=O. The van der Waals surface area contributed by atoms with Crippen molar-refractivity contribution in [1.29, 1.82) is 0 Å². The molecule has 1 aliphatic heterocycles. The number of hydrogen-bond donors (Lipinski definition) is 0. The molecule has 1 unspecified atom stereocenters. The third-order valence-corrected chi connectivity index (χ3v) is 5.73. The molecule has 0 radical (unpaired) electrons. The highest BCUT2D eigenvalue weighted by atomic mass is 32.2. The number of nitrogens with zero attached hydrogens (tertiary/aromatic N) is 2. The molecule has 2 aromatic carbocycles. The van der Waals surface area contributed by atoms with E-state index in [9.17, 15) is 13.2 Å². The molecule has 2 aromatic rings. The van der Waals surface area contributed by atoms with Gasteiger partial charge in [-0.05, 0) is 31.2 Å². The number of carbonyl (C=O) groups excluding carboxylic acids is 1. The van der Waals surface area contributed by atoms with Crippen LogP contribution in [-0.4, -0.2) is 24.7 Å². The number of para-hydroxylation sites is 1. The molecule has 1 atom stereocenters. The van der Waals surface area contributed by atoms with Crippen molar-refractivity contribution in [3.05, 3.63) is 60.7 Å². The zero-order valence-electron chi connectivity index (χ0n) is 12.3. The summed E-state index contributed by atoms with van der Waals surface area (Å²) >= 11 is 1.15. The van der Waals surface area contributed by atoms with Crippen LogP contribution in [0.3, 0.4) is 0 Å². The monoisotopic (exact) mass is 346 g/mol. The van der Waals surface area contributed by atoms with E-state index in [1.807, 2.05) is 6.07 Å². The Kier molecular flexibility index (Phi) is 4.23. The lowest BCUT2D eigenvalue weighted by atomic mass is 10.3. The summed E-state index contributed by atoms with van der Waals surface area (Å²) in [6, 6.07) is 16.9. The van der Waals surface area contributed by atoms with Crippen LogP contribution in [0.2, 0.25) is 0 Å². The number of rotatable bonds is 3. The van der Waals surface area contributed by atoms with Crippen LogP contribution in [0, 0.1) is 0 Å². The van der Waals surface area contributed by atoms with E-state index in [0.717, 1.165) is 11.8 Å². The van der Waals surface area contributed by atoms with Gasteiger partial charge in [-0.1, -0.05) is 48.2 Å². The Hall–Kier alpha value is -2.12. The minimum atomic E-state index is -3.86. The summed E-state index contributed by atoms with van der Waals surface area (Å²) in [5, 5.41) is -0.197. The van der Waals surface area contributed by atoms with Crippen LogP contribution in [0.1, 0.15) is 6.92 Å². The van der Waals surface area contributed by atoms with Gasteiger partial charge in [0.25, 0.3) is 10.0 Å². The largest absolute Gasteiger partial charge is 0.284 e. The van der Waals surface area contributed by atoms with Gasteiger partial charge in [0.05, 0.1) is 15.8 Å². The van der Waals surface area contributed by atoms with Crippen LogP contribution in [-0.2, 0) is 14.8 Å². The van der Waals surface area contributed by atoms with Gasteiger partial charge in [0.15, 0.2) is 5.17 Å². The molecule has 7 heteroatoms. The van der Waals surface area contributed by atoms with Gasteiger partial charge in [-0.3, -0.25) is 9.69 Å². The molecule has 0 bridgehead atoms.